The Morgan fingerprint density at radius 3 is 2.67 bits per heavy atom. The topological polar surface area (TPSA) is 72.0 Å². The Balaban J connectivity index is 1.48. The molecule has 0 saturated heterocycles. The summed E-state index contributed by atoms with van der Waals surface area (Å²) >= 11 is 0. The number of hydrogen-bond acceptors (Lipinski definition) is 5. The molecule has 0 atom stereocenters. The lowest BCUT2D eigenvalue weighted by Crippen LogP contribution is -2.25. The van der Waals surface area contributed by atoms with Gasteiger partial charge in [-0.05, 0) is 42.8 Å². The molecule has 6 nitrogen and oxygen atoms in total. The molecule has 0 unspecified atom stereocenters. The highest BCUT2D eigenvalue weighted by Gasteiger charge is 2.10. The van der Waals surface area contributed by atoms with Crippen LogP contribution in [0.5, 0.6) is 11.5 Å². The van der Waals surface area contributed by atoms with Crippen LogP contribution in [-0.4, -0.2) is 31.9 Å². The minimum atomic E-state index is -0.218. The fourth-order valence-electron chi connectivity index (χ4n) is 2.21. The molecule has 3 rings (SSSR count). The predicted molar refractivity (Wildman–Crippen MR) is 92.8 cm³/mol. The Labute approximate surface area is 140 Å². The van der Waals surface area contributed by atoms with Crippen molar-refractivity contribution in [1.29, 1.82) is 0 Å². The van der Waals surface area contributed by atoms with E-state index >= 15 is 0 Å². The van der Waals surface area contributed by atoms with Crippen molar-refractivity contribution < 1.29 is 14.3 Å². The van der Waals surface area contributed by atoms with Crippen molar-refractivity contribution in [1.82, 2.24) is 5.43 Å². The highest BCUT2D eigenvalue weighted by molar-refractivity contribution is 5.84. The molecule has 24 heavy (non-hydrogen) atoms. The molecule has 2 aromatic carbocycles. The van der Waals surface area contributed by atoms with Crippen molar-refractivity contribution in [3.63, 3.8) is 0 Å². The highest BCUT2D eigenvalue weighted by Crippen LogP contribution is 2.30. The van der Waals surface area contributed by atoms with Gasteiger partial charge in [-0.25, -0.2) is 5.43 Å². The number of carbonyl (C=O) groups is 1. The highest BCUT2D eigenvalue weighted by atomic mass is 16.6. The van der Waals surface area contributed by atoms with Crippen molar-refractivity contribution in [3.05, 3.63) is 53.6 Å². The number of carbonyl (C=O) groups excluding carboxylic acids is 1. The second-order valence-corrected chi connectivity index (χ2v) is 5.42. The van der Waals surface area contributed by atoms with E-state index in [0.29, 0.717) is 19.0 Å². The molecule has 6 heteroatoms. The molecule has 2 aromatic rings. The Morgan fingerprint density at radius 2 is 1.88 bits per heavy atom. The second-order valence-electron chi connectivity index (χ2n) is 5.42. The number of fused-ring (bicyclic) bond motifs is 1. The third-order valence-corrected chi connectivity index (χ3v) is 3.47. The Hall–Kier alpha value is -3.02. The van der Waals surface area contributed by atoms with Crippen LogP contribution in [0.2, 0.25) is 0 Å². The molecular weight excluding hydrogens is 306 g/mol. The van der Waals surface area contributed by atoms with Crippen LogP contribution in [0.15, 0.2) is 47.6 Å². The zero-order chi connectivity index (χ0) is 16.8. The maximum Gasteiger partial charge on any atom is 0.259 e. The van der Waals surface area contributed by atoms with Gasteiger partial charge in [0.2, 0.25) is 0 Å². The van der Waals surface area contributed by atoms with E-state index in [1.165, 1.54) is 5.56 Å². The summed E-state index contributed by atoms with van der Waals surface area (Å²) in [6, 6.07) is 13.3. The van der Waals surface area contributed by atoms with Gasteiger partial charge in [0.15, 0.2) is 11.5 Å². The molecule has 1 amide bonds. The largest absolute Gasteiger partial charge is 0.486 e. The number of nitrogens with one attached hydrogen (secondary N) is 2. The first-order valence-electron chi connectivity index (χ1n) is 7.73. The number of amides is 1. The van der Waals surface area contributed by atoms with Gasteiger partial charge >= 0.3 is 0 Å². The fraction of sp³-hybridized carbons (Fsp3) is 0.222. The quantitative estimate of drug-likeness (QED) is 0.654. The summed E-state index contributed by atoms with van der Waals surface area (Å²) in [4.78, 5) is 11.8. The predicted octanol–water partition coefficient (Wildman–Crippen LogP) is 2.33. The first-order valence-corrected chi connectivity index (χ1v) is 7.73. The molecule has 1 heterocycles. The monoisotopic (exact) mass is 325 g/mol. The average Bonchev–Trinajstić information content (AvgIpc) is 2.61. The second kappa shape index (κ2) is 7.50. The smallest absolute Gasteiger partial charge is 0.259 e. The summed E-state index contributed by atoms with van der Waals surface area (Å²) in [5.41, 5.74) is 5.38. The Morgan fingerprint density at radius 1 is 1.12 bits per heavy atom. The van der Waals surface area contributed by atoms with E-state index in [9.17, 15) is 4.79 Å². The first kappa shape index (κ1) is 15.9. The van der Waals surface area contributed by atoms with E-state index in [2.05, 4.69) is 15.8 Å². The van der Waals surface area contributed by atoms with Gasteiger partial charge in [-0.15, -0.1) is 0 Å². The SMILES string of the molecule is Cc1ccc(NCC(=O)N/N=C/c2ccc3c(c2)OCCO3)cc1. The van der Waals surface area contributed by atoms with E-state index in [1.54, 1.807) is 6.21 Å². The van der Waals surface area contributed by atoms with Crippen LogP contribution in [0.4, 0.5) is 5.69 Å². The van der Waals surface area contributed by atoms with Crippen molar-refractivity contribution in [3.8, 4) is 11.5 Å². The zero-order valence-electron chi connectivity index (χ0n) is 13.4. The summed E-state index contributed by atoms with van der Waals surface area (Å²) in [7, 11) is 0. The third-order valence-electron chi connectivity index (χ3n) is 3.47. The molecule has 0 saturated carbocycles. The lowest BCUT2D eigenvalue weighted by Gasteiger charge is -2.18. The van der Waals surface area contributed by atoms with Crippen LogP contribution in [0, 0.1) is 6.92 Å². The normalized spacial score (nSPS) is 12.9. The Bertz CT molecular complexity index is 742. The van der Waals surface area contributed by atoms with Gasteiger partial charge in [0.25, 0.3) is 5.91 Å². The number of nitrogens with zero attached hydrogens (tertiary/aromatic N) is 1. The maximum absolute atomic E-state index is 11.8. The number of anilines is 1. The van der Waals surface area contributed by atoms with Gasteiger partial charge in [0, 0.05) is 5.69 Å². The summed E-state index contributed by atoms with van der Waals surface area (Å²) in [6.07, 6.45) is 1.57. The van der Waals surface area contributed by atoms with Crippen molar-refractivity contribution >= 4 is 17.8 Å². The third kappa shape index (κ3) is 4.25. The molecule has 2 N–H and O–H groups in total. The van der Waals surface area contributed by atoms with Gasteiger partial charge < -0.3 is 14.8 Å². The van der Waals surface area contributed by atoms with E-state index in [0.717, 1.165) is 17.0 Å². The molecule has 0 spiro atoms. The number of benzene rings is 2. The van der Waals surface area contributed by atoms with Crippen LogP contribution in [0.1, 0.15) is 11.1 Å². The van der Waals surface area contributed by atoms with Gasteiger partial charge in [0.05, 0.1) is 12.8 Å². The summed E-state index contributed by atoms with van der Waals surface area (Å²) in [6.45, 7) is 3.27. The lowest BCUT2D eigenvalue weighted by molar-refractivity contribution is -0.119. The van der Waals surface area contributed by atoms with Gasteiger partial charge in [-0.2, -0.15) is 5.10 Å². The van der Waals surface area contributed by atoms with Crippen molar-refractivity contribution in [2.45, 2.75) is 6.92 Å². The molecular formula is C18H19N3O3. The molecule has 0 bridgehead atoms. The van der Waals surface area contributed by atoms with Crippen LogP contribution in [0.25, 0.3) is 0 Å². The number of rotatable bonds is 5. The maximum atomic E-state index is 11.8. The van der Waals surface area contributed by atoms with Crippen LogP contribution in [0.3, 0.4) is 0 Å². The van der Waals surface area contributed by atoms with Crippen molar-refractivity contribution in [2.24, 2.45) is 5.10 Å². The Kier molecular flexibility index (Phi) is 4.96. The standard InChI is InChI=1S/C18H19N3O3/c1-13-2-5-15(6-3-13)19-12-18(22)21-20-11-14-4-7-16-17(10-14)24-9-8-23-16/h2-7,10-11,19H,8-9,12H2,1H3,(H,21,22)/b20-11+. The van der Waals surface area contributed by atoms with Crippen LogP contribution >= 0.6 is 0 Å². The van der Waals surface area contributed by atoms with Crippen molar-refractivity contribution in [2.75, 3.05) is 25.1 Å². The molecule has 0 aromatic heterocycles. The number of hydrogen-bond donors (Lipinski definition) is 2. The van der Waals surface area contributed by atoms with E-state index in [4.69, 9.17) is 9.47 Å². The van der Waals surface area contributed by atoms with E-state index < -0.39 is 0 Å². The van der Waals surface area contributed by atoms with E-state index in [1.807, 2.05) is 49.4 Å². The lowest BCUT2D eigenvalue weighted by atomic mass is 10.2. The number of aryl methyl sites for hydroxylation is 1. The number of ether oxygens (including phenoxy) is 2. The summed E-state index contributed by atoms with van der Waals surface area (Å²) < 4.78 is 11.0. The van der Waals surface area contributed by atoms with Crippen LogP contribution < -0.4 is 20.2 Å². The zero-order valence-corrected chi connectivity index (χ0v) is 13.4. The summed E-state index contributed by atoms with van der Waals surface area (Å²) in [5, 5.41) is 6.99. The van der Waals surface area contributed by atoms with Gasteiger partial charge in [0.1, 0.15) is 13.2 Å². The van der Waals surface area contributed by atoms with Gasteiger partial charge in [-0.1, -0.05) is 17.7 Å². The molecule has 0 radical (unpaired) electrons. The molecule has 124 valence electrons. The molecule has 1 aliphatic heterocycles. The van der Waals surface area contributed by atoms with E-state index in [-0.39, 0.29) is 12.5 Å². The minimum absolute atomic E-state index is 0.154. The molecule has 0 fully saturated rings. The molecule has 1 aliphatic rings. The molecule has 0 aliphatic carbocycles. The van der Waals surface area contributed by atoms with Gasteiger partial charge in [-0.3, -0.25) is 4.79 Å². The van der Waals surface area contributed by atoms with Crippen LogP contribution in [-0.2, 0) is 4.79 Å². The average molecular weight is 325 g/mol. The number of hydrazone groups is 1. The minimum Gasteiger partial charge on any atom is -0.486 e. The first-order chi connectivity index (χ1) is 11.7. The fourth-order valence-corrected chi connectivity index (χ4v) is 2.21. The summed E-state index contributed by atoms with van der Waals surface area (Å²) in [5.74, 6) is 1.20.